The molecule has 3 heterocycles. The van der Waals surface area contributed by atoms with Gasteiger partial charge in [-0.25, -0.2) is 4.98 Å². The van der Waals surface area contributed by atoms with Gasteiger partial charge in [-0.3, -0.25) is 29.1 Å². The van der Waals surface area contributed by atoms with Crippen molar-refractivity contribution >= 4 is 44.7 Å². The third kappa shape index (κ3) is 5.26. The molecular weight excluding hydrogens is 508 g/mol. The summed E-state index contributed by atoms with van der Waals surface area (Å²) in [5, 5.41) is 14.5. The number of aromatic nitrogens is 2. The van der Waals surface area contributed by atoms with Gasteiger partial charge in [0, 0.05) is 50.0 Å². The van der Waals surface area contributed by atoms with Crippen LogP contribution in [0.5, 0.6) is 0 Å². The molecule has 0 unspecified atom stereocenters. The number of carbonyl (C=O) groups is 2. The molecule has 11 nitrogen and oxygen atoms in total. The summed E-state index contributed by atoms with van der Waals surface area (Å²) in [5.41, 5.74) is 1.04. The quantitative estimate of drug-likeness (QED) is 0.377. The highest BCUT2D eigenvalue weighted by Crippen LogP contribution is 2.29. The third-order valence-electron chi connectivity index (χ3n) is 7.37. The molecule has 3 aromatic rings. The molecular formula is C26H30N6O5S. The topological polar surface area (TPSA) is 131 Å². The predicted molar refractivity (Wildman–Crippen MR) is 145 cm³/mol. The number of nitro groups is 1. The number of thiophene rings is 1. The van der Waals surface area contributed by atoms with Crippen LogP contribution in [0.3, 0.4) is 0 Å². The minimum absolute atomic E-state index is 0.0338. The number of nitrogens with zero attached hydrogens (tertiary/aromatic N) is 5. The second kappa shape index (κ2) is 10.9. The second-order valence-corrected chi connectivity index (χ2v) is 10.9. The van der Waals surface area contributed by atoms with E-state index in [1.165, 1.54) is 34.7 Å². The maximum absolute atomic E-state index is 13.4. The van der Waals surface area contributed by atoms with Crippen molar-refractivity contribution in [3.8, 4) is 0 Å². The molecule has 1 N–H and O–H groups in total. The molecule has 1 saturated carbocycles. The molecule has 12 heteroatoms. The molecule has 1 saturated heterocycles. The zero-order chi connectivity index (χ0) is 26.8. The average Bonchev–Trinajstić information content (AvgIpc) is 3.27. The van der Waals surface area contributed by atoms with E-state index in [0.29, 0.717) is 46.8 Å². The largest absolute Gasteiger partial charge is 0.368 e. The van der Waals surface area contributed by atoms with Gasteiger partial charge in [-0.15, -0.1) is 11.3 Å². The number of benzene rings is 1. The molecule has 1 aliphatic carbocycles. The summed E-state index contributed by atoms with van der Waals surface area (Å²) < 4.78 is 1.31. The van der Waals surface area contributed by atoms with E-state index in [1.54, 1.807) is 24.0 Å². The summed E-state index contributed by atoms with van der Waals surface area (Å²) in [4.78, 5) is 59.0. The summed E-state index contributed by atoms with van der Waals surface area (Å²) in [6.07, 6.45) is 6.71. The molecule has 0 atom stereocenters. The van der Waals surface area contributed by atoms with Crippen LogP contribution in [-0.2, 0) is 11.3 Å². The van der Waals surface area contributed by atoms with Crippen LogP contribution in [0.1, 0.15) is 47.3 Å². The minimum atomic E-state index is -0.418. The second-order valence-electron chi connectivity index (χ2n) is 9.87. The lowest BCUT2D eigenvalue weighted by Gasteiger charge is -2.36. The minimum Gasteiger partial charge on any atom is -0.368 e. The Morgan fingerprint density at radius 3 is 2.61 bits per heavy atom. The Labute approximate surface area is 223 Å². The van der Waals surface area contributed by atoms with Crippen LogP contribution >= 0.6 is 11.3 Å². The highest BCUT2D eigenvalue weighted by Gasteiger charge is 2.27. The first-order valence-electron chi connectivity index (χ1n) is 12.9. The van der Waals surface area contributed by atoms with Crippen molar-refractivity contribution in [3.05, 3.63) is 61.5 Å². The molecule has 0 radical (unpaired) electrons. The summed E-state index contributed by atoms with van der Waals surface area (Å²) in [6, 6.07) is 6.64. The van der Waals surface area contributed by atoms with Gasteiger partial charge in [-0.1, -0.05) is 25.3 Å². The monoisotopic (exact) mass is 538 g/mol. The smallest absolute Gasteiger partial charge is 0.271 e. The third-order valence-corrected chi connectivity index (χ3v) is 8.56. The summed E-state index contributed by atoms with van der Waals surface area (Å²) in [7, 11) is 0. The van der Waals surface area contributed by atoms with E-state index >= 15 is 0 Å². The lowest BCUT2D eigenvalue weighted by molar-refractivity contribution is -0.384. The number of piperazine rings is 1. The maximum Gasteiger partial charge on any atom is 0.271 e. The number of hydrogen-bond acceptors (Lipinski definition) is 8. The van der Waals surface area contributed by atoms with E-state index < -0.39 is 4.92 Å². The first kappa shape index (κ1) is 25.8. The van der Waals surface area contributed by atoms with E-state index in [9.17, 15) is 24.5 Å². The van der Waals surface area contributed by atoms with Crippen LogP contribution in [0.4, 0.5) is 11.4 Å². The van der Waals surface area contributed by atoms with Crippen molar-refractivity contribution in [2.45, 2.75) is 51.6 Å². The lowest BCUT2D eigenvalue weighted by Crippen LogP contribution is -2.48. The zero-order valence-electron chi connectivity index (χ0n) is 21.2. The molecule has 1 aromatic carbocycles. The lowest BCUT2D eigenvalue weighted by atomic mass is 9.95. The number of amides is 2. The number of aryl methyl sites for hydroxylation is 1. The number of anilines is 1. The molecule has 5 rings (SSSR count). The molecule has 2 aliphatic rings. The first-order valence-corrected chi connectivity index (χ1v) is 13.7. The van der Waals surface area contributed by atoms with Crippen molar-refractivity contribution in [1.29, 1.82) is 0 Å². The Balaban J connectivity index is 1.28. The Kier molecular flexibility index (Phi) is 7.41. The fraction of sp³-hybridized carbons (Fsp3) is 0.462. The van der Waals surface area contributed by atoms with E-state index in [4.69, 9.17) is 0 Å². The van der Waals surface area contributed by atoms with Gasteiger partial charge in [0.2, 0.25) is 5.91 Å². The molecule has 0 spiro atoms. The van der Waals surface area contributed by atoms with Gasteiger partial charge in [0.05, 0.1) is 21.5 Å². The van der Waals surface area contributed by atoms with Gasteiger partial charge in [-0.05, 0) is 31.4 Å². The number of rotatable bonds is 6. The van der Waals surface area contributed by atoms with Crippen LogP contribution in [0.2, 0.25) is 0 Å². The van der Waals surface area contributed by atoms with Gasteiger partial charge in [0.15, 0.2) is 0 Å². The zero-order valence-corrected chi connectivity index (χ0v) is 22.0. The summed E-state index contributed by atoms with van der Waals surface area (Å²) in [6.45, 7) is 3.63. The fourth-order valence-electron chi connectivity index (χ4n) is 5.27. The van der Waals surface area contributed by atoms with Gasteiger partial charge in [-0.2, -0.15) is 0 Å². The maximum atomic E-state index is 13.4. The number of hydrogen-bond donors (Lipinski definition) is 1. The Morgan fingerprint density at radius 2 is 1.89 bits per heavy atom. The van der Waals surface area contributed by atoms with Crippen LogP contribution < -0.4 is 15.8 Å². The van der Waals surface area contributed by atoms with E-state index in [1.807, 2.05) is 11.0 Å². The van der Waals surface area contributed by atoms with Gasteiger partial charge in [0.25, 0.3) is 17.2 Å². The fourth-order valence-corrected chi connectivity index (χ4v) is 6.37. The van der Waals surface area contributed by atoms with Crippen LogP contribution in [-0.4, -0.2) is 63.4 Å². The predicted octanol–water partition coefficient (Wildman–Crippen LogP) is 3.09. The van der Waals surface area contributed by atoms with Gasteiger partial charge >= 0.3 is 0 Å². The van der Waals surface area contributed by atoms with E-state index in [-0.39, 0.29) is 35.6 Å². The Bertz CT molecular complexity index is 1440. The molecule has 2 fully saturated rings. The first-order chi connectivity index (χ1) is 18.3. The van der Waals surface area contributed by atoms with E-state index in [0.717, 1.165) is 31.4 Å². The van der Waals surface area contributed by atoms with Crippen molar-refractivity contribution in [1.82, 2.24) is 19.8 Å². The van der Waals surface area contributed by atoms with Crippen molar-refractivity contribution in [2.24, 2.45) is 0 Å². The Hall–Kier alpha value is -3.80. The number of non-ortho nitro benzene ring substituents is 1. The summed E-state index contributed by atoms with van der Waals surface area (Å²) >= 11 is 1.19. The molecule has 200 valence electrons. The molecule has 0 bridgehead atoms. The van der Waals surface area contributed by atoms with E-state index in [2.05, 4.69) is 10.3 Å². The number of nitrogens with one attached hydrogen (secondary N) is 1. The number of fused-ring (bicyclic) bond motifs is 1. The average molecular weight is 539 g/mol. The Morgan fingerprint density at radius 1 is 1.16 bits per heavy atom. The van der Waals surface area contributed by atoms with Crippen molar-refractivity contribution < 1.29 is 14.5 Å². The SMILES string of the molecule is Cc1c(C(=O)N2CCN(c3cccc([N+](=O)[O-])c3)CC2)sc2ncn(CC(=O)NC3CCCCC3)c(=O)c12. The van der Waals surface area contributed by atoms with Gasteiger partial charge in [0.1, 0.15) is 11.4 Å². The van der Waals surface area contributed by atoms with Crippen LogP contribution in [0.25, 0.3) is 10.2 Å². The van der Waals surface area contributed by atoms with Crippen molar-refractivity contribution in [2.75, 3.05) is 31.1 Å². The molecule has 2 aromatic heterocycles. The van der Waals surface area contributed by atoms with Gasteiger partial charge < -0.3 is 15.1 Å². The van der Waals surface area contributed by atoms with Crippen LogP contribution in [0, 0.1) is 17.0 Å². The molecule has 38 heavy (non-hydrogen) atoms. The normalized spacial score (nSPS) is 16.6. The van der Waals surface area contributed by atoms with Crippen LogP contribution in [0.15, 0.2) is 35.4 Å². The highest BCUT2D eigenvalue weighted by molar-refractivity contribution is 7.20. The molecule has 1 aliphatic heterocycles. The number of carbonyl (C=O) groups excluding carboxylic acids is 2. The summed E-state index contributed by atoms with van der Waals surface area (Å²) in [5.74, 6) is -0.365. The standard InChI is InChI=1S/C26H30N6O5S/c1-17-22-24(27-16-31(25(22)34)15-21(33)28-18-6-3-2-4-7-18)38-23(17)26(35)30-12-10-29(11-13-30)19-8-5-9-20(14-19)32(36)37/h5,8-9,14,16,18H,2-4,6-7,10-13,15H2,1H3,(H,28,33). The highest BCUT2D eigenvalue weighted by atomic mass is 32.1. The molecule has 2 amide bonds. The van der Waals surface area contributed by atoms with Crippen molar-refractivity contribution in [3.63, 3.8) is 0 Å². The number of nitro benzene ring substituents is 1.